The fraction of sp³-hybridized carbons (Fsp3) is 0.353. The van der Waals surface area contributed by atoms with E-state index in [0.29, 0.717) is 27.4 Å². The van der Waals surface area contributed by atoms with Crippen molar-refractivity contribution in [1.82, 2.24) is 20.4 Å². The number of hydrogen-bond acceptors (Lipinski definition) is 11. The molecule has 0 aliphatic rings. The maximum atomic E-state index is 13.6. The number of benzene rings is 2. The number of aromatic nitrogens is 3. The number of anilines is 2. The van der Waals surface area contributed by atoms with Crippen LogP contribution in [0.4, 0.5) is 25.9 Å². The summed E-state index contributed by atoms with van der Waals surface area (Å²) in [6.45, 7) is 13.1. The van der Waals surface area contributed by atoms with Gasteiger partial charge in [0, 0.05) is 29.9 Å². The van der Waals surface area contributed by atoms with E-state index in [1.807, 2.05) is 0 Å². The fourth-order valence-electron chi connectivity index (χ4n) is 4.24. The Morgan fingerprint density at radius 3 is 1.88 bits per heavy atom. The molecule has 4 amide bonds. The maximum Gasteiger partial charge on any atom is 0.425 e. The fourth-order valence-corrected chi connectivity index (χ4v) is 5.30. The van der Waals surface area contributed by atoms with E-state index in [9.17, 15) is 22.8 Å². The molecule has 2 N–H and O–H groups in total. The highest BCUT2D eigenvalue weighted by molar-refractivity contribution is 7.92. The molecule has 0 fully saturated rings. The van der Waals surface area contributed by atoms with Crippen LogP contribution in [0, 0.1) is 0 Å². The van der Waals surface area contributed by atoms with Crippen molar-refractivity contribution in [3.63, 3.8) is 0 Å². The molecule has 0 spiro atoms. The monoisotopic (exact) mass is 692 g/mol. The summed E-state index contributed by atoms with van der Waals surface area (Å²) in [6, 6.07) is 14.1. The number of nitrogens with zero attached hydrogens (tertiary/aromatic N) is 4. The van der Waals surface area contributed by atoms with Crippen molar-refractivity contribution < 1.29 is 36.8 Å². The Kier molecular flexibility index (Phi) is 10.5. The Balaban J connectivity index is 1.86. The Labute approximate surface area is 285 Å². The van der Waals surface area contributed by atoms with Gasteiger partial charge in [0.25, 0.3) is 0 Å². The zero-order valence-electron chi connectivity index (χ0n) is 28.8. The Bertz CT molecular complexity index is 1910. The second kappa shape index (κ2) is 14.0. The number of urea groups is 1. The number of nitrogens with one attached hydrogen (secondary N) is 2. The minimum absolute atomic E-state index is 0.0445. The zero-order valence-corrected chi connectivity index (χ0v) is 29.6. The highest BCUT2D eigenvalue weighted by Crippen LogP contribution is 2.35. The molecule has 0 unspecified atom stereocenters. The molecule has 0 saturated carbocycles. The lowest BCUT2D eigenvalue weighted by atomic mass is 10.1. The Hall–Kier alpha value is -5.31. The van der Waals surface area contributed by atoms with Gasteiger partial charge >= 0.3 is 18.2 Å². The number of imide groups is 1. The maximum absolute atomic E-state index is 13.6. The number of carbonyl (C=O) groups excluding carboxylic acids is 3. The molecule has 260 valence electrons. The predicted molar refractivity (Wildman–Crippen MR) is 184 cm³/mol. The van der Waals surface area contributed by atoms with Crippen molar-refractivity contribution >= 4 is 39.6 Å². The second-order valence-electron chi connectivity index (χ2n) is 13.2. The smallest absolute Gasteiger partial charge is 0.425 e. The van der Waals surface area contributed by atoms with E-state index in [1.165, 1.54) is 25.4 Å². The normalized spacial score (nSPS) is 12.0. The van der Waals surface area contributed by atoms with Crippen LogP contribution in [0.15, 0.2) is 70.2 Å². The third-order valence-corrected chi connectivity index (χ3v) is 8.80. The molecule has 0 radical (unpaired) electrons. The molecule has 4 aromatic rings. The van der Waals surface area contributed by atoms with Crippen LogP contribution in [0.1, 0.15) is 55.4 Å². The average Bonchev–Trinajstić information content (AvgIpc) is 3.50. The van der Waals surface area contributed by atoms with Crippen molar-refractivity contribution in [1.29, 1.82) is 0 Å². The Morgan fingerprint density at radius 2 is 1.37 bits per heavy atom. The SMILES string of the molecule is CNC(=O)Nc1ccc(-c2cc(-c3nc(-c4ccc(S(=O)(=O)C(C)C)cc4)cnc3N(C(=O)OC(C)(C)C)C(=O)OC(C)(C)C)on2)cc1. The second-order valence-corrected chi connectivity index (χ2v) is 15.7. The first-order valence-electron chi connectivity index (χ1n) is 15.3. The molecule has 15 heteroatoms. The lowest BCUT2D eigenvalue weighted by Gasteiger charge is -2.28. The van der Waals surface area contributed by atoms with Gasteiger partial charge in [0.2, 0.25) is 0 Å². The van der Waals surface area contributed by atoms with Gasteiger partial charge in [-0.2, -0.15) is 4.90 Å². The predicted octanol–water partition coefficient (Wildman–Crippen LogP) is 7.08. The van der Waals surface area contributed by atoms with Gasteiger partial charge in [-0.05, 0) is 79.7 Å². The van der Waals surface area contributed by atoms with E-state index < -0.39 is 38.5 Å². The third-order valence-electron chi connectivity index (χ3n) is 6.63. The minimum Gasteiger partial charge on any atom is -0.443 e. The number of hydrogen-bond donors (Lipinski definition) is 2. The van der Waals surface area contributed by atoms with Crippen molar-refractivity contribution in [2.75, 3.05) is 17.3 Å². The highest BCUT2D eigenvalue weighted by Gasteiger charge is 2.37. The largest absolute Gasteiger partial charge is 0.443 e. The van der Waals surface area contributed by atoms with Crippen LogP contribution in [0.3, 0.4) is 0 Å². The van der Waals surface area contributed by atoms with E-state index in [-0.39, 0.29) is 33.9 Å². The van der Waals surface area contributed by atoms with Gasteiger partial charge in [-0.1, -0.05) is 29.4 Å². The van der Waals surface area contributed by atoms with E-state index in [1.54, 1.807) is 97.9 Å². The first-order valence-corrected chi connectivity index (χ1v) is 16.9. The molecule has 14 nitrogen and oxygen atoms in total. The van der Waals surface area contributed by atoms with Gasteiger partial charge in [-0.15, -0.1) is 0 Å². The summed E-state index contributed by atoms with van der Waals surface area (Å²) in [5.41, 5.74) is 0.314. The minimum atomic E-state index is -3.52. The zero-order chi connectivity index (χ0) is 36.3. The summed E-state index contributed by atoms with van der Waals surface area (Å²) in [5, 5.41) is 8.72. The number of amides is 4. The standard InChI is InChI=1S/C34H40N6O8S/c1-20(2)49(44,45)24-16-12-22(13-17-24)26-19-36-29(40(31(42)46-33(3,4)5)32(43)47-34(6,7)8)28(38-26)27-18-25(39-48-27)21-10-14-23(15-11-21)37-30(41)35-9/h10-20H,1-9H3,(H2,35,37,41). The van der Waals surface area contributed by atoms with Gasteiger partial charge < -0.3 is 24.6 Å². The molecule has 4 rings (SSSR count). The van der Waals surface area contributed by atoms with Gasteiger partial charge in [0.15, 0.2) is 27.1 Å². The topological polar surface area (TPSA) is 183 Å². The number of sulfone groups is 1. The van der Waals surface area contributed by atoms with Gasteiger partial charge in [-0.3, -0.25) is 0 Å². The molecule has 2 heterocycles. The van der Waals surface area contributed by atoms with Crippen molar-refractivity contribution in [3.8, 4) is 34.0 Å². The van der Waals surface area contributed by atoms with E-state index >= 15 is 0 Å². The molecule has 0 atom stereocenters. The number of ether oxygens (including phenoxy) is 2. The summed E-state index contributed by atoms with van der Waals surface area (Å²) in [7, 11) is -2.01. The van der Waals surface area contributed by atoms with Gasteiger partial charge in [0.05, 0.1) is 22.0 Å². The van der Waals surface area contributed by atoms with Crippen LogP contribution in [0.5, 0.6) is 0 Å². The molecule has 0 aliphatic heterocycles. The van der Waals surface area contributed by atoms with Crippen LogP contribution in [0.25, 0.3) is 34.0 Å². The van der Waals surface area contributed by atoms with E-state index in [2.05, 4.69) is 20.8 Å². The summed E-state index contributed by atoms with van der Waals surface area (Å²) in [6.07, 6.45) is -0.790. The number of rotatable bonds is 7. The van der Waals surface area contributed by atoms with Crippen LogP contribution in [-0.4, -0.2) is 65.3 Å². The van der Waals surface area contributed by atoms with Crippen LogP contribution in [0.2, 0.25) is 0 Å². The summed E-state index contributed by atoms with van der Waals surface area (Å²) in [4.78, 5) is 48.8. The molecule has 0 bridgehead atoms. The lowest BCUT2D eigenvalue weighted by Crippen LogP contribution is -2.44. The summed E-state index contributed by atoms with van der Waals surface area (Å²) >= 11 is 0. The molecule has 0 saturated heterocycles. The van der Waals surface area contributed by atoms with Crippen molar-refractivity contribution in [2.24, 2.45) is 0 Å². The molecule has 2 aromatic heterocycles. The summed E-state index contributed by atoms with van der Waals surface area (Å²) < 4.78 is 42.2. The van der Waals surface area contributed by atoms with E-state index in [4.69, 9.17) is 19.0 Å². The molecule has 49 heavy (non-hydrogen) atoms. The van der Waals surface area contributed by atoms with Gasteiger partial charge in [-0.25, -0.2) is 32.8 Å². The Morgan fingerprint density at radius 1 is 0.837 bits per heavy atom. The van der Waals surface area contributed by atoms with Crippen LogP contribution in [-0.2, 0) is 19.3 Å². The average molecular weight is 693 g/mol. The quantitative estimate of drug-likeness (QED) is 0.202. The van der Waals surface area contributed by atoms with Crippen LogP contribution >= 0.6 is 0 Å². The lowest BCUT2D eigenvalue weighted by molar-refractivity contribution is 0.0429. The highest BCUT2D eigenvalue weighted by atomic mass is 32.2. The van der Waals surface area contributed by atoms with Crippen LogP contribution < -0.4 is 15.5 Å². The van der Waals surface area contributed by atoms with Gasteiger partial charge in [0.1, 0.15) is 16.9 Å². The van der Waals surface area contributed by atoms with E-state index in [0.717, 1.165) is 0 Å². The first-order chi connectivity index (χ1) is 22.8. The molecular weight excluding hydrogens is 652 g/mol. The summed E-state index contributed by atoms with van der Waals surface area (Å²) in [5.74, 6) is -0.206. The third kappa shape index (κ3) is 8.99. The first kappa shape index (κ1) is 36.5. The van der Waals surface area contributed by atoms with Crippen molar-refractivity contribution in [2.45, 2.75) is 76.7 Å². The van der Waals surface area contributed by atoms with Crippen molar-refractivity contribution in [3.05, 3.63) is 60.8 Å². The molecule has 2 aromatic carbocycles. The molecular formula is C34H40N6O8S. The molecule has 0 aliphatic carbocycles. The number of carbonyl (C=O) groups is 3.